The third-order valence-corrected chi connectivity index (χ3v) is 4.59. The number of amides is 1. The fourth-order valence-corrected chi connectivity index (χ4v) is 3.41. The molecule has 0 saturated carbocycles. The average molecular weight is 285 g/mol. The molecule has 5 nitrogen and oxygen atoms in total. The number of hydrogen-bond donors (Lipinski definition) is 0. The Morgan fingerprint density at radius 3 is 2.90 bits per heavy atom. The topological polar surface area (TPSA) is 47.4 Å². The number of aromatic nitrogens is 2. The van der Waals surface area contributed by atoms with Crippen molar-refractivity contribution in [3.8, 4) is 0 Å². The standard InChI is InChI=1S/C16H19N3O2/c1-11-17-14-4-2-3-5-15(14)19(11)13-8-18(9-13)16(20)12-6-7-21-10-12/h2-5,12-13H,6-10H2,1H3. The summed E-state index contributed by atoms with van der Waals surface area (Å²) in [6.45, 7) is 4.92. The Labute approximate surface area is 123 Å². The average Bonchev–Trinajstić information content (AvgIpc) is 3.05. The second kappa shape index (κ2) is 4.84. The normalized spacial score (nSPS) is 22.7. The van der Waals surface area contributed by atoms with Crippen LogP contribution in [-0.2, 0) is 9.53 Å². The summed E-state index contributed by atoms with van der Waals surface area (Å²) in [4.78, 5) is 18.9. The van der Waals surface area contributed by atoms with Crippen molar-refractivity contribution in [1.82, 2.24) is 14.5 Å². The van der Waals surface area contributed by atoms with Crippen LogP contribution >= 0.6 is 0 Å². The van der Waals surface area contributed by atoms with Gasteiger partial charge in [-0.15, -0.1) is 0 Å². The Kier molecular flexibility index (Phi) is 2.96. The summed E-state index contributed by atoms with van der Waals surface area (Å²) in [5, 5.41) is 0. The van der Waals surface area contributed by atoms with Crippen LogP contribution in [0.25, 0.3) is 11.0 Å². The van der Waals surface area contributed by atoms with Crippen molar-refractivity contribution in [3.63, 3.8) is 0 Å². The highest BCUT2D eigenvalue weighted by Gasteiger charge is 2.37. The molecule has 1 aromatic carbocycles. The van der Waals surface area contributed by atoms with E-state index in [4.69, 9.17) is 4.74 Å². The highest BCUT2D eigenvalue weighted by atomic mass is 16.5. The monoisotopic (exact) mass is 285 g/mol. The van der Waals surface area contributed by atoms with Crippen molar-refractivity contribution in [1.29, 1.82) is 0 Å². The van der Waals surface area contributed by atoms with Gasteiger partial charge in [-0.1, -0.05) is 12.1 Å². The molecule has 1 amide bonds. The van der Waals surface area contributed by atoms with E-state index in [0.29, 0.717) is 12.6 Å². The molecule has 1 atom stereocenters. The second-order valence-corrected chi connectivity index (χ2v) is 5.98. The van der Waals surface area contributed by atoms with E-state index in [2.05, 4.69) is 15.6 Å². The number of carbonyl (C=O) groups is 1. The van der Waals surface area contributed by atoms with Crippen molar-refractivity contribution in [2.45, 2.75) is 19.4 Å². The number of imidazole rings is 1. The lowest BCUT2D eigenvalue weighted by atomic mass is 10.0. The molecule has 1 aromatic heterocycles. The summed E-state index contributed by atoms with van der Waals surface area (Å²) in [5.41, 5.74) is 2.19. The molecular formula is C16H19N3O2. The van der Waals surface area contributed by atoms with Crippen molar-refractivity contribution in [2.24, 2.45) is 5.92 Å². The number of ether oxygens (including phenoxy) is 1. The van der Waals surface area contributed by atoms with Crippen molar-refractivity contribution in [3.05, 3.63) is 30.1 Å². The molecule has 5 heteroatoms. The quantitative estimate of drug-likeness (QED) is 0.845. The zero-order chi connectivity index (χ0) is 14.4. The van der Waals surface area contributed by atoms with Gasteiger partial charge in [0.2, 0.25) is 5.91 Å². The Hall–Kier alpha value is -1.88. The largest absolute Gasteiger partial charge is 0.381 e. The van der Waals surface area contributed by atoms with Gasteiger partial charge in [-0.05, 0) is 25.5 Å². The molecule has 0 aliphatic carbocycles. The van der Waals surface area contributed by atoms with E-state index in [1.54, 1.807) is 0 Å². The lowest BCUT2D eigenvalue weighted by Crippen LogP contribution is -2.52. The van der Waals surface area contributed by atoms with E-state index in [1.165, 1.54) is 0 Å². The highest BCUT2D eigenvalue weighted by Crippen LogP contribution is 2.29. The molecule has 21 heavy (non-hydrogen) atoms. The van der Waals surface area contributed by atoms with E-state index < -0.39 is 0 Å². The van der Waals surface area contributed by atoms with Crippen LogP contribution < -0.4 is 0 Å². The lowest BCUT2D eigenvalue weighted by molar-refractivity contribution is -0.141. The van der Waals surface area contributed by atoms with Crippen LogP contribution in [0.2, 0.25) is 0 Å². The van der Waals surface area contributed by atoms with E-state index in [0.717, 1.165) is 43.0 Å². The minimum absolute atomic E-state index is 0.0755. The fourth-order valence-electron chi connectivity index (χ4n) is 3.41. The molecule has 110 valence electrons. The Morgan fingerprint density at radius 1 is 1.33 bits per heavy atom. The maximum atomic E-state index is 12.3. The van der Waals surface area contributed by atoms with Gasteiger partial charge in [0.25, 0.3) is 0 Å². The van der Waals surface area contributed by atoms with Crippen LogP contribution in [0, 0.1) is 12.8 Å². The van der Waals surface area contributed by atoms with E-state index >= 15 is 0 Å². The molecule has 0 radical (unpaired) electrons. The minimum Gasteiger partial charge on any atom is -0.381 e. The predicted octanol–water partition coefficient (Wildman–Crippen LogP) is 1.76. The van der Waals surface area contributed by atoms with Crippen molar-refractivity contribution >= 4 is 16.9 Å². The first-order valence-electron chi connectivity index (χ1n) is 7.54. The number of hydrogen-bond acceptors (Lipinski definition) is 3. The minimum atomic E-state index is 0.0755. The highest BCUT2D eigenvalue weighted by molar-refractivity contribution is 5.80. The van der Waals surface area contributed by atoms with Gasteiger partial charge >= 0.3 is 0 Å². The summed E-state index contributed by atoms with van der Waals surface area (Å²) in [6.07, 6.45) is 0.868. The van der Waals surface area contributed by atoms with Crippen LogP contribution in [0.1, 0.15) is 18.3 Å². The Bertz CT molecular complexity index is 682. The third kappa shape index (κ3) is 2.03. The first kappa shape index (κ1) is 12.8. The summed E-state index contributed by atoms with van der Waals surface area (Å²) in [5.74, 6) is 1.36. The molecule has 2 saturated heterocycles. The molecule has 2 aliphatic heterocycles. The number of aryl methyl sites for hydroxylation is 1. The second-order valence-electron chi connectivity index (χ2n) is 5.98. The maximum Gasteiger partial charge on any atom is 0.228 e. The van der Waals surface area contributed by atoms with Gasteiger partial charge in [-0.2, -0.15) is 0 Å². The number of nitrogens with zero attached hydrogens (tertiary/aromatic N) is 3. The summed E-state index contributed by atoms with van der Waals surface area (Å²) in [6, 6.07) is 8.54. The van der Waals surface area contributed by atoms with E-state index in [-0.39, 0.29) is 11.8 Å². The summed E-state index contributed by atoms with van der Waals surface area (Å²) >= 11 is 0. The summed E-state index contributed by atoms with van der Waals surface area (Å²) < 4.78 is 7.58. The SMILES string of the molecule is Cc1nc2ccccc2n1C1CN(C(=O)C2CCOC2)C1. The molecule has 4 rings (SSSR count). The van der Waals surface area contributed by atoms with Gasteiger partial charge in [0.05, 0.1) is 29.6 Å². The van der Waals surface area contributed by atoms with Gasteiger partial charge in [0.1, 0.15) is 5.82 Å². The lowest BCUT2D eigenvalue weighted by Gasteiger charge is -2.41. The molecule has 2 fully saturated rings. The van der Waals surface area contributed by atoms with Crippen LogP contribution in [0.15, 0.2) is 24.3 Å². The third-order valence-electron chi connectivity index (χ3n) is 4.59. The fraction of sp³-hybridized carbons (Fsp3) is 0.500. The predicted molar refractivity (Wildman–Crippen MR) is 79.0 cm³/mol. The van der Waals surface area contributed by atoms with Gasteiger partial charge < -0.3 is 14.2 Å². The number of benzene rings is 1. The molecule has 0 spiro atoms. The maximum absolute atomic E-state index is 12.3. The molecule has 0 bridgehead atoms. The van der Waals surface area contributed by atoms with Crippen LogP contribution in [-0.4, -0.2) is 46.7 Å². The number of rotatable bonds is 2. The zero-order valence-electron chi connectivity index (χ0n) is 12.2. The number of likely N-dealkylation sites (tertiary alicyclic amines) is 1. The van der Waals surface area contributed by atoms with Crippen LogP contribution in [0.5, 0.6) is 0 Å². The number of para-hydroxylation sites is 2. The first-order valence-corrected chi connectivity index (χ1v) is 7.54. The van der Waals surface area contributed by atoms with E-state index in [1.807, 2.05) is 30.0 Å². The van der Waals surface area contributed by atoms with Gasteiger partial charge in [0.15, 0.2) is 0 Å². The van der Waals surface area contributed by atoms with Crippen molar-refractivity contribution in [2.75, 3.05) is 26.3 Å². The number of fused-ring (bicyclic) bond motifs is 1. The van der Waals surface area contributed by atoms with Gasteiger partial charge in [-0.25, -0.2) is 4.98 Å². The summed E-state index contributed by atoms with van der Waals surface area (Å²) in [7, 11) is 0. The zero-order valence-corrected chi connectivity index (χ0v) is 12.2. The molecule has 1 unspecified atom stereocenters. The van der Waals surface area contributed by atoms with Crippen LogP contribution in [0.4, 0.5) is 0 Å². The van der Waals surface area contributed by atoms with Gasteiger partial charge in [0, 0.05) is 19.7 Å². The Morgan fingerprint density at radius 2 is 2.14 bits per heavy atom. The van der Waals surface area contributed by atoms with Gasteiger partial charge in [-0.3, -0.25) is 4.79 Å². The van der Waals surface area contributed by atoms with Crippen molar-refractivity contribution < 1.29 is 9.53 Å². The molecule has 2 aliphatic rings. The molecule has 3 heterocycles. The molecular weight excluding hydrogens is 266 g/mol. The Balaban J connectivity index is 1.51. The van der Waals surface area contributed by atoms with E-state index in [9.17, 15) is 4.79 Å². The number of carbonyl (C=O) groups excluding carboxylic acids is 1. The molecule has 2 aromatic rings. The first-order chi connectivity index (χ1) is 10.2. The van der Waals surface area contributed by atoms with Crippen LogP contribution in [0.3, 0.4) is 0 Å². The smallest absolute Gasteiger partial charge is 0.228 e. The molecule has 0 N–H and O–H groups in total.